The Morgan fingerprint density at radius 1 is 1.14 bits per heavy atom. The maximum absolute atomic E-state index is 12.6. The molecule has 1 unspecified atom stereocenters. The molecule has 0 saturated carbocycles. The SMILES string of the molecule is C=C/C=C1\C(=NC)C2(CCN(C(C)(C)c3ccc(OC(F)(F)F)cc3)CC2)OC1c1cc(C)cc(Cl)c1. The van der Waals surface area contributed by atoms with Crippen LogP contribution in [0.4, 0.5) is 13.2 Å². The topological polar surface area (TPSA) is 34.1 Å². The largest absolute Gasteiger partial charge is 0.573 e. The number of likely N-dealkylation sites (tertiary alicyclic amines) is 1. The van der Waals surface area contributed by atoms with Crippen molar-refractivity contribution >= 4 is 17.3 Å². The molecule has 0 amide bonds. The molecular weight excluding hydrogens is 501 g/mol. The number of halogens is 4. The number of allylic oxidation sites excluding steroid dienone is 2. The van der Waals surface area contributed by atoms with E-state index in [1.54, 1.807) is 25.3 Å². The van der Waals surface area contributed by atoms with Crippen molar-refractivity contribution in [3.8, 4) is 5.75 Å². The first-order valence-electron chi connectivity index (χ1n) is 12.2. The summed E-state index contributed by atoms with van der Waals surface area (Å²) in [5, 5.41) is 0.663. The molecule has 198 valence electrons. The van der Waals surface area contributed by atoms with Crippen LogP contribution in [0, 0.1) is 6.92 Å². The summed E-state index contributed by atoms with van der Waals surface area (Å²) in [6, 6.07) is 12.1. The fraction of sp³-hybridized carbons (Fsp3) is 0.414. The molecular formula is C29H32ClF3N2O2. The second-order valence-corrected chi connectivity index (χ2v) is 10.5. The second kappa shape index (κ2) is 10.3. The average molecular weight is 533 g/mol. The lowest BCUT2D eigenvalue weighted by Crippen LogP contribution is -2.53. The molecule has 4 rings (SSSR count). The molecule has 0 N–H and O–H groups in total. The number of ether oxygens (including phenoxy) is 2. The summed E-state index contributed by atoms with van der Waals surface area (Å²) in [7, 11) is 1.80. The van der Waals surface area contributed by atoms with E-state index in [1.807, 2.05) is 25.1 Å². The van der Waals surface area contributed by atoms with Crippen molar-refractivity contribution in [2.45, 2.75) is 57.2 Å². The van der Waals surface area contributed by atoms with Crippen LogP contribution in [0.2, 0.25) is 5.02 Å². The molecule has 0 radical (unpaired) electrons. The van der Waals surface area contributed by atoms with Crippen LogP contribution in [0.25, 0.3) is 0 Å². The van der Waals surface area contributed by atoms with E-state index in [1.165, 1.54) is 12.1 Å². The highest BCUT2D eigenvalue weighted by Crippen LogP contribution is 2.48. The number of rotatable bonds is 5. The van der Waals surface area contributed by atoms with E-state index in [0.717, 1.165) is 53.9 Å². The van der Waals surface area contributed by atoms with Gasteiger partial charge in [0.15, 0.2) is 0 Å². The number of aliphatic imine (C=N–C) groups is 1. The van der Waals surface area contributed by atoms with Crippen LogP contribution >= 0.6 is 11.6 Å². The van der Waals surface area contributed by atoms with Gasteiger partial charge in [-0.25, -0.2) is 0 Å². The highest BCUT2D eigenvalue weighted by molar-refractivity contribution is 6.30. The van der Waals surface area contributed by atoms with E-state index in [4.69, 9.17) is 16.3 Å². The van der Waals surface area contributed by atoms with Gasteiger partial charge in [-0.05, 0) is 74.6 Å². The molecule has 2 saturated heterocycles. The van der Waals surface area contributed by atoms with E-state index in [0.29, 0.717) is 5.02 Å². The first-order valence-corrected chi connectivity index (χ1v) is 12.6. The van der Waals surface area contributed by atoms with Crippen molar-refractivity contribution < 1.29 is 22.6 Å². The predicted octanol–water partition coefficient (Wildman–Crippen LogP) is 7.57. The normalized spacial score (nSPS) is 22.6. The Hall–Kier alpha value is -2.61. The fourth-order valence-electron chi connectivity index (χ4n) is 5.55. The Morgan fingerprint density at radius 2 is 1.78 bits per heavy atom. The van der Waals surface area contributed by atoms with E-state index in [-0.39, 0.29) is 11.9 Å². The summed E-state index contributed by atoms with van der Waals surface area (Å²) in [6.45, 7) is 11.5. The van der Waals surface area contributed by atoms with E-state index in [2.05, 4.69) is 41.1 Å². The van der Waals surface area contributed by atoms with Gasteiger partial charge in [0.25, 0.3) is 0 Å². The third-order valence-electron chi connectivity index (χ3n) is 7.38. The van der Waals surface area contributed by atoms with Gasteiger partial charge < -0.3 is 9.47 Å². The van der Waals surface area contributed by atoms with E-state index < -0.39 is 17.5 Å². The van der Waals surface area contributed by atoms with Gasteiger partial charge in [0.1, 0.15) is 17.5 Å². The minimum atomic E-state index is -4.71. The summed E-state index contributed by atoms with van der Waals surface area (Å²) >= 11 is 6.37. The molecule has 8 heteroatoms. The second-order valence-electron chi connectivity index (χ2n) is 10.1. The van der Waals surface area contributed by atoms with Crippen LogP contribution in [-0.4, -0.2) is 42.7 Å². The number of hydrogen-bond donors (Lipinski definition) is 0. The minimum Gasteiger partial charge on any atom is -0.406 e. The van der Waals surface area contributed by atoms with Crippen molar-refractivity contribution in [2.24, 2.45) is 4.99 Å². The molecule has 4 nitrogen and oxygen atoms in total. The summed E-state index contributed by atoms with van der Waals surface area (Å²) < 4.78 is 48.5. The highest BCUT2D eigenvalue weighted by Gasteiger charge is 2.51. The van der Waals surface area contributed by atoms with Crippen LogP contribution < -0.4 is 4.74 Å². The van der Waals surface area contributed by atoms with Crippen molar-refractivity contribution in [1.29, 1.82) is 0 Å². The monoisotopic (exact) mass is 532 g/mol. The van der Waals surface area contributed by atoms with Crippen LogP contribution in [-0.2, 0) is 10.3 Å². The van der Waals surface area contributed by atoms with Crippen molar-refractivity contribution in [3.05, 3.63) is 88.5 Å². The Balaban J connectivity index is 1.56. The molecule has 2 heterocycles. The van der Waals surface area contributed by atoms with Crippen molar-refractivity contribution in [2.75, 3.05) is 20.1 Å². The van der Waals surface area contributed by atoms with Gasteiger partial charge in [-0.3, -0.25) is 9.89 Å². The number of alkyl halides is 3. The lowest BCUT2D eigenvalue weighted by atomic mass is 9.81. The molecule has 2 aromatic rings. The highest BCUT2D eigenvalue weighted by atomic mass is 35.5. The smallest absolute Gasteiger partial charge is 0.406 e. The van der Waals surface area contributed by atoms with Gasteiger partial charge in [-0.2, -0.15) is 0 Å². The van der Waals surface area contributed by atoms with E-state index >= 15 is 0 Å². The summed E-state index contributed by atoms with van der Waals surface area (Å²) in [5.41, 5.74) is 3.94. The minimum absolute atomic E-state index is 0.225. The molecule has 37 heavy (non-hydrogen) atoms. The molecule has 2 aromatic carbocycles. The lowest BCUT2D eigenvalue weighted by Gasteiger charge is -2.46. The van der Waals surface area contributed by atoms with Gasteiger partial charge in [-0.15, -0.1) is 13.2 Å². The standard InChI is InChI=1S/C29H32ClF3N2O2/c1-6-7-24-25(20-16-19(2)17-22(30)18-20)37-28(26(24)34-5)12-14-35(15-13-28)27(3,4)21-8-10-23(11-9-21)36-29(31,32)33/h6-11,16-18,25H,1,12-15H2,2-5H3/b24-7-,34-26?. The molecule has 1 spiro atoms. The lowest BCUT2D eigenvalue weighted by molar-refractivity contribution is -0.274. The number of benzene rings is 2. The third kappa shape index (κ3) is 5.64. The molecule has 0 aliphatic carbocycles. The van der Waals surface area contributed by atoms with Gasteiger partial charge >= 0.3 is 6.36 Å². The molecule has 0 aromatic heterocycles. The van der Waals surface area contributed by atoms with Crippen LogP contribution in [0.5, 0.6) is 5.75 Å². The maximum Gasteiger partial charge on any atom is 0.573 e. The van der Waals surface area contributed by atoms with Gasteiger partial charge in [0, 0.05) is 36.3 Å². The Labute approximate surface area is 221 Å². The quantitative estimate of drug-likeness (QED) is 0.398. The average Bonchev–Trinajstić information content (AvgIpc) is 3.11. The zero-order valence-electron chi connectivity index (χ0n) is 21.5. The first kappa shape index (κ1) is 27.4. The molecule has 0 bridgehead atoms. The Bertz CT molecular complexity index is 1190. The molecule has 2 fully saturated rings. The van der Waals surface area contributed by atoms with Crippen LogP contribution in [0.3, 0.4) is 0 Å². The number of nitrogens with zero attached hydrogens (tertiary/aromatic N) is 2. The van der Waals surface area contributed by atoms with Gasteiger partial charge in [0.2, 0.25) is 0 Å². The zero-order chi connectivity index (χ0) is 27.0. The number of piperidine rings is 1. The molecule has 2 aliphatic heterocycles. The van der Waals surface area contributed by atoms with E-state index in [9.17, 15) is 13.2 Å². The number of aryl methyl sites for hydroxylation is 1. The first-order chi connectivity index (χ1) is 17.4. The van der Waals surface area contributed by atoms with Crippen LogP contribution in [0.15, 0.2) is 71.8 Å². The maximum atomic E-state index is 12.6. The van der Waals surface area contributed by atoms with Crippen LogP contribution in [0.1, 0.15) is 49.5 Å². The third-order valence-corrected chi connectivity index (χ3v) is 7.59. The predicted molar refractivity (Wildman–Crippen MR) is 141 cm³/mol. The molecule has 2 aliphatic rings. The van der Waals surface area contributed by atoms with Crippen molar-refractivity contribution in [1.82, 2.24) is 4.90 Å². The van der Waals surface area contributed by atoms with Gasteiger partial charge in [-0.1, -0.05) is 48.5 Å². The summed E-state index contributed by atoms with van der Waals surface area (Å²) in [6.07, 6.45) is 0.177. The Kier molecular flexibility index (Phi) is 7.62. The van der Waals surface area contributed by atoms with Gasteiger partial charge in [0.05, 0.1) is 5.71 Å². The Morgan fingerprint density at radius 3 is 2.32 bits per heavy atom. The fourth-order valence-corrected chi connectivity index (χ4v) is 5.85. The van der Waals surface area contributed by atoms with Crippen molar-refractivity contribution in [3.63, 3.8) is 0 Å². The zero-order valence-corrected chi connectivity index (χ0v) is 22.3. The number of hydrogen-bond acceptors (Lipinski definition) is 4. The summed E-state index contributed by atoms with van der Waals surface area (Å²) in [5.74, 6) is -0.225. The summed E-state index contributed by atoms with van der Waals surface area (Å²) in [4.78, 5) is 7.02. The molecule has 1 atom stereocenters.